The Labute approximate surface area is 148 Å². The van der Waals surface area contributed by atoms with Crippen LogP contribution in [0.3, 0.4) is 0 Å². The van der Waals surface area contributed by atoms with Crippen LogP contribution in [0.15, 0.2) is 48.7 Å². The summed E-state index contributed by atoms with van der Waals surface area (Å²) in [6.45, 7) is 3.02. The van der Waals surface area contributed by atoms with Crippen molar-refractivity contribution in [1.82, 2.24) is 10.3 Å². The molecule has 5 nitrogen and oxygen atoms in total. The van der Waals surface area contributed by atoms with Crippen LogP contribution >= 0.6 is 12.4 Å². The van der Waals surface area contributed by atoms with Gasteiger partial charge in [-0.15, -0.1) is 12.4 Å². The maximum absolute atomic E-state index is 12.3. The average molecular weight is 347 g/mol. The third kappa shape index (κ3) is 4.94. The molecular formula is C18H23ClN4O. The molecule has 2 aromatic rings. The first kappa shape index (κ1) is 18.2. The number of aromatic nitrogens is 1. The van der Waals surface area contributed by atoms with Crippen LogP contribution in [0.1, 0.15) is 19.8 Å². The first-order chi connectivity index (χ1) is 11.2. The normalized spacial score (nSPS) is 19.9. The highest BCUT2D eigenvalue weighted by Crippen LogP contribution is 2.20. The molecule has 0 unspecified atom stereocenters. The number of para-hydroxylation sites is 1. The highest BCUT2D eigenvalue weighted by molar-refractivity contribution is 5.92. The Morgan fingerprint density at radius 2 is 1.96 bits per heavy atom. The molecular weight excluding hydrogens is 324 g/mol. The lowest BCUT2D eigenvalue weighted by atomic mass is 9.92. The molecule has 24 heavy (non-hydrogen) atoms. The molecule has 0 saturated carbocycles. The molecule has 1 fully saturated rings. The summed E-state index contributed by atoms with van der Waals surface area (Å²) in [7, 11) is 0. The number of carbonyl (C=O) groups excluding carboxylic acids is 1. The van der Waals surface area contributed by atoms with E-state index in [9.17, 15) is 4.79 Å². The minimum Gasteiger partial charge on any atom is -0.340 e. The predicted octanol–water partition coefficient (Wildman–Crippen LogP) is 3.57. The number of carbonyl (C=O) groups is 1. The van der Waals surface area contributed by atoms with Gasteiger partial charge in [-0.1, -0.05) is 18.2 Å². The van der Waals surface area contributed by atoms with E-state index in [-0.39, 0.29) is 24.2 Å². The highest BCUT2D eigenvalue weighted by atomic mass is 35.5. The molecule has 3 rings (SSSR count). The van der Waals surface area contributed by atoms with Gasteiger partial charge in [-0.2, -0.15) is 0 Å². The Bertz CT molecular complexity index is 648. The number of rotatable bonds is 4. The minimum atomic E-state index is 0. The van der Waals surface area contributed by atoms with Crippen molar-refractivity contribution in [2.24, 2.45) is 5.92 Å². The summed E-state index contributed by atoms with van der Waals surface area (Å²) in [4.78, 5) is 16.7. The number of nitrogens with one attached hydrogen (secondary N) is 3. The Kier molecular flexibility index (Phi) is 6.58. The van der Waals surface area contributed by atoms with Crippen molar-refractivity contribution in [2.45, 2.75) is 25.8 Å². The van der Waals surface area contributed by atoms with Gasteiger partial charge in [0.1, 0.15) is 5.82 Å². The van der Waals surface area contributed by atoms with E-state index in [2.05, 4.69) is 27.9 Å². The number of pyridine rings is 1. The second kappa shape index (κ2) is 8.66. The van der Waals surface area contributed by atoms with Gasteiger partial charge in [0.05, 0.1) is 11.9 Å². The zero-order valence-corrected chi connectivity index (χ0v) is 14.5. The van der Waals surface area contributed by atoms with Crippen LogP contribution < -0.4 is 16.0 Å². The quantitative estimate of drug-likeness (QED) is 0.791. The smallest absolute Gasteiger partial charge is 0.227 e. The van der Waals surface area contributed by atoms with Crippen molar-refractivity contribution in [3.63, 3.8) is 0 Å². The molecule has 1 amide bonds. The molecule has 128 valence electrons. The Balaban J connectivity index is 0.00000208. The van der Waals surface area contributed by atoms with Crippen LogP contribution in [0.4, 0.5) is 17.2 Å². The lowest BCUT2D eigenvalue weighted by molar-refractivity contribution is -0.120. The van der Waals surface area contributed by atoms with E-state index in [1.165, 1.54) is 0 Å². The number of piperidine rings is 1. The van der Waals surface area contributed by atoms with E-state index in [4.69, 9.17) is 0 Å². The SMILES string of the molecule is C[C@H]1C[C@@H](C(=O)Nc2ccc(Nc3ccccc3)nc2)CCN1.Cl. The summed E-state index contributed by atoms with van der Waals surface area (Å²) >= 11 is 0. The van der Waals surface area contributed by atoms with Crippen LogP contribution in [-0.4, -0.2) is 23.5 Å². The fraction of sp³-hybridized carbons (Fsp3) is 0.333. The topological polar surface area (TPSA) is 66.0 Å². The number of halogens is 1. The van der Waals surface area contributed by atoms with E-state index in [0.29, 0.717) is 6.04 Å². The number of nitrogens with zero attached hydrogens (tertiary/aromatic N) is 1. The zero-order valence-electron chi connectivity index (χ0n) is 13.7. The number of benzene rings is 1. The third-order valence-corrected chi connectivity index (χ3v) is 4.07. The van der Waals surface area contributed by atoms with E-state index in [0.717, 1.165) is 36.6 Å². The van der Waals surface area contributed by atoms with Gasteiger partial charge in [-0.05, 0) is 50.6 Å². The molecule has 0 spiro atoms. The third-order valence-electron chi connectivity index (χ3n) is 4.07. The predicted molar refractivity (Wildman–Crippen MR) is 100 cm³/mol. The molecule has 6 heteroatoms. The summed E-state index contributed by atoms with van der Waals surface area (Å²) < 4.78 is 0. The standard InChI is InChI=1S/C18H22N4O.ClH/c1-13-11-14(9-10-19-13)18(23)22-16-7-8-17(20-12-16)21-15-5-3-2-4-6-15;/h2-8,12-14,19H,9-11H2,1H3,(H,20,21)(H,22,23);1H/t13-,14-;/m0./s1. The van der Waals surface area contributed by atoms with Crippen LogP contribution in [0.5, 0.6) is 0 Å². The number of anilines is 3. The Hall–Kier alpha value is -2.11. The lowest BCUT2D eigenvalue weighted by Gasteiger charge is -2.27. The fourth-order valence-electron chi connectivity index (χ4n) is 2.83. The van der Waals surface area contributed by atoms with Gasteiger partial charge in [0.15, 0.2) is 0 Å². The fourth-order valence-corrected chi connectivity index (χ4v) is 2.83. The number of hydrogen-bond donors (Lipinski definition) is 3. The van der Waals surface area contributed by atoms with Crippen molar-refractivity contribution in [3.8, 4) is 0 Å². The van der Waals surface area contributed by atoms with Crippen LogP contribution in [0, 0.1) is 5.92 Å². The molecule has 0 radical (unpaired) electrons. The van der Waals surface area contributed by atoms with Gasteiger partial charge in [-0.3, -0.25) is 4.79 Å². The second-order valence-electron chi connectivity index (χ2n) is 5.99. The number of amides is 1. The first-order valence-corrected chi connectivity index (χ1v) is 8.03. The van der Waals surface area contributed by atoms with Crippen molar-refractivity contribution in [2.75, 3.05) is 17.2 Å². The van der Waals surface area contributed by atoms with Gasteiger partial charge in [0.2, 0.25) is 5.91 Å². The minimum absolute atomic E-state index is 0. The van der Waals surface area contributed by atoms with E-state index in [1.807, 2.05) is 42.5 Å². The molecule has 3 N–H and O–H groups in total. The van der Waals surface area contributed by atoms with E-state index < -0.39 is 0 Å². The molecule has 2 atom stereocenters. The van der Waals surface area contributed by atoms with Gasteiger partial charge in [-0.25, -0.2) is 4.98 Å². The number of hydrogen-bond acceptors (Lipinski definition) is 4. The average Bonchev–Trinajstić information content (AvgIpc) is 2.57. The van der Waals surface area contributed by atoms with Gasteiger partial charge in [0.25, 0.3) is 0 Å². The van der Waals surface area contributed by atoms with Crippen molar-refractivity contribution in [1.29, 1.82) is 0 Å². The van der Waals surface area contributed by atoms with Crippen LogP contribution in [0.2, 0.25) is 0 Å². The molecule has 1 aliphatic heterocycles. The monoisotopic (exact) mass is 346 g/mol. The highest BCUT2D eigenvalue weighted by Gasteiger charge is 2.24. The maximum Gasteiger partial charge on any atom is 0.227 e. The van der Waals surface area contributed by atoms with Gasteiger partial charge >= 0.3 is 0 Å². The molecule has 1 aromatic heterocycles. The lowest BCUT2D eigenvalue weighted by Crippen LogP contribution is -2.40. The summed E-state index contributed by atoms with van der Waals surface area (Å²) in [5, 5.41) is 9.55. The van der Waals surface area contributed by atoms with Gasteiger partial charge in [0, 0.05) is 17.6 Å². The summed E-state index contributed by atoms with van der Waals surface area (Å²) in [5.41, 5.74) is 1.72. The molecule has 2 heterocycles. The maximum atomic E-state index is 12.3. The largest absolute Gasteiger partial charge is 0.340 e. The van der Waals surface area contributed by atoms with E-state index >= 15 is 0 Å². The van der Waals surface area contributed by atoms with Crippen molar-refractivity contribution in [3.05, 3.63) is 48.7 Å². The Morgan fingerprint density at radius 1 is 1.17 bits per heavy atom. The van der Waals surface area contributed by atoms with Crippen molar-refractivity contribution >= 4 is 35.5 Å². The summed E-state index contributed by atoms with van der Waals surface area (Å²) in [6.07, 6.45) is 3.46. The summed E-state index contributed by atoms with van der Waals surface area (Å²) in [5.74, 6) is 0.918. The molecule has 0 aliphatic carbocycles. The van der Waals surface area contributed by atoms with Crippen molar-refractivity contribution < 1.29 is 4.79 Å². The van der Waals surface area contributed by atoms with E-state index in [1.54, 1.807) is 6.20 Å². The van der Waals surface area contributed by atoms with Gasteiger partial charge < -0.3 is 16.0 Å². The zero-order chi connectivity index (χ0) is 16.1. The molecule has 0 bridgehead atoms. The second-order valence-corrected chi connectivity index (χ2v) is 5.99. The first-order valence-electron chi connectivity index (χ1n) is 8.03. The van der Waals surface area contributed by atoms with Crippen LogP contribution in [0.25, 0.3) is 0 Å². The molecule has 1 aliphatic rings. The summed E-state index contributed by atoms with van der Waals surface area (Å²) in [6, 6.07) is 14.0. The molecule has 1 aromatic carbocycles. The Morgan fingerprint density at radius 3 is 2.62 bits per heavy atom. The molecule has 1 saturated heterocycles. The van der Waals surface area contributed by atoms with Crippen LogP contribution in [-0.2, 0) is 4.79 Å².